The van der Waals surface area contributed by atoms with Crippen LogP contribution in [0.25, 0.3) is 10.9 Å². The highest BCUT2D eigenvalue weighted by Gasteiger charge is 2.41. The minimum Gasteiger partial charge on any atom is -0.396 e. The molecule has 2 N–H and O–H groups in total. The number of rotatable bonds is 4. The summed E-state index contributed by atoms with van der Waals surface area (Å²) in [6.45, 7) is 2.92. The van der Waals surface area contributed by atoms with E-state index < -0.39 is 0 Å². The molecular formula is C15H17FN2O. The Hall–Kier alpha value is -1.68. The molecule has 1 fully saturated rings. The van der Waals surface area contributed by atoms with Crippen LogP contribution in [-0.2, 0) is 0 Å². The molecule has 1 aliphatic rings. The third-order valence-electron chi connectivity index (χ3n) is 3.92. The quantitative estimate of drug-likeness (QED) is 0.888. The third-order valence-corrected chi connectivity index (χ3v) is 3.92. The highest BCUT2D eigenvalue weighted by Crippen LogP contribution is 2.44. The van der Waals surface area contributed by atoms with Gasteiger partial charge in [0, 0.05) is 23.4 Å². The molecule has 0 atom stereocenters. The second-order valence-electron chi connectivity index (χ2n) is 5.50. The maximum Gasteiger partial charge on any atom is 0.126 e. The molecule has 4 heteroatoms. The zero-order valence-electron chi connectivity index (χ0n) is 10.9. The van der Waals surface area contributed by atoms with Crippen LogP contribution in [0.5, 0.6) is 0 Å². The van der Waals surface area contributed by atoms with Gasteiger partial charge in [0.15, 0.2) is 0 Å². The molecular weight excluding hydrogens is 243 g/mol. The summed E-state index contributed by atoms with van der Waals surface area (Å²) < 4.78 is 13.2. The van der Waals surface area contributed by atoms with Crippen molar-refractivity contribution in [2.75, 3.05) is 18.5 Å². The van der Waals surface area contributed by atoms with Crippen molar-refractivity contribution in [2.24, 2.45) is 5.41 Å². The fourth-order valence-electron chi connectivity index (χ4n) is 2.31. The first-order valence-corrected chi connectivity index (χ1v) is 6.54. The number of hydrogen-bond donors (Lipinski definition) is 2. The van der Waals surface area contributed by atoms with E-state index in [4.69, 9.17) is 0 Å². The Labute approximate surface area is 111 Å². The molecule has 0 spiro atoms. The summed E-state index contributed by atoms with van der Waals surface area (Å²) in [7, 11) is 0. The van der Waals surface area contributed by atoms with E-state index in [1.807, 2.05) is 13.0 Å². The molecule has 1 heterocycles. The van der Waals surface area contributed by atoms with E-state index in [9.17, 15) is 9.50 Å². The van der Waals surface area contributed by atoms with Crippen LogP contribution in [0.4, 0.5) is 10.2 Å². The number of fused-ring (bicyclic) bond motifs is 1. The summed E-state index contributed by atoms with van der Waals surface area (Å²) in [4.78, 5) is 4.43. The molecule has 0 aliphatic heterocycles. The van der Waals surface area contributed by atoms with Crippen molar-refractivity contribution in [1.82, 2.24) is 4.98 Å². The molecule has 2 aromatic rings. The van der Waals surface area contributed by atoms with E-state index in [1.165, 1.54) is 12.1 Å². The Morgan fingerprint density at radius 2 is 2.16 bits per heavy atom. The number of nitrogens with one attached hydrogen (secondary N) is 1. The van der Waals surface area contributed by atoms with E-state index in [2.05, 4.69) is 10.3 Å². The van der Waals surface area contributed by atoms with Gasteiger partial charge in [0.05, 0.1) is 12.1 Å². The lowest BCUT2D eigenvalue weighted by atomic mass is 10.1. The summed E-state index contributed by atoms with van der Waals surface area (Å²) in [6, 6.07) is 6.63. The number of benzene rings is 1. The van der Waals surface area contributed by atoms with Gasteiger partial charge in [0.1, 0.15) is 11.6 Å². The van der Waals surface area contributed by atoms with E-state index in [0.717, 1.165) is 36.2 Å². The van der Waals surface area contributed by atoms with Crippen molar-refractivity contribution < 1.29 is 9.50 Å². The van der Waals surface area contributed by atoms with Gasteiger partial charge in [-0.25, -0.2) is 9.37 Å². The Morgan fingerprint density at radius 3 is 2.84 bits per heavy atom. The first kappa shape index (κ1) is 12.4. The highest BCUT2D eigenvalue weighted by atomic mass is 19.1. The molecule has 0 bridgehead atoms. The lowest BCUT2D eigenvalue weighted by molar-refractivity contribution is 0.219. The third kappa shape index (κ3) is 2.40. The zero-order chi connectivity index (χ0) is 13.5. The molecule has 1 saturated carbocycles. The van der Waals surface area contributed by atoms with E-state index in [1.54, 1.807) is 6.07 Å². The van der Waals surface area contributed by atoms with Crippen LogP contribution in [0.3, 0.4) is 0 Å². The molecule has 3 rings (SSSR count). The van der Waals surface area contributed by atoms with Crippen molar-refractivity contribution in [2.45, 2.75) is 19.8 Å². The number of aryl methyl sites for hydroxylation is 1. The second-order valence-corrected chi connectivity index (χ2v) is 5.50. The maximum absolute atomic E-state index is 13.2. The number of pyridine rings is 1. The fourth-order valence-corrected chi connectivity index (χ4v) is 2.31. The molecule has 0 unspecified atom stereocenters. The van der Waals surface area contributed by atoms with Crippen LogP contribution < -0.4 is 5.32 Å². The summed E-state index contributed by atoms with van der Waals surface area (Å²) >= 11 is 0. The summed E-state index contributed by atoms with van der Waals surface area (Å²) in [5, 5.41) is 13.5. The van der Waals surface area contributed by atoms with Crippen molar-refractivity contribution >= 4 is 16.7 Å². The first-order chi connectivity index (χ1) is 9.12. The minimum atomic E-state index is -0.273. The van der Waals surface area contributed by atoms with Crippen LogP contribution in [0.15, 0.2) is 24.3 Å². The van der Waals surface area contributed by atoms with Gasteiger partial charge >= 0.3 is 0 Å². The van der Waals surface area contributed by atoms with E-state index in [-0.39, 0.29) is 17.8 Å². The Balaban J connectivity index is 1.87. The van der Waals surface area contributed by atoms with Crippen LogP contribution in [0.1, 0.15) is 18.4 Å². The van der Waals surface area contributed by atoms with E-state index in [0.29, 0.717) is 5.52 Å². The largest absolute Gasteiger partial charge is 0.396 e. The zero-order valence-corrected chi connectivity index (χ0v) is 10.9. The van der Waals surface area contributed by atoms with Crippen LogP contribution in [0, 0.1) is 18.2 Å². The highest BCUT2D eigenvalue weighted by molar-refractivity contribution is 5.83. The molecule has 1 aromatic carbocycles. The van der Waals surface area contributed by atoms with Crippen molar-refractivity contribution in [3.05, 3.63) is 35.6 Å². The van der Waals surface area contributed by atoms with Crippen LogP contribution in [0.2, 0.25) is 0 Å². The number of hydrogen-bond acceptors (Lipinski definition) is 3. The van der Waals surface area contributed by atoms with Crippen molar-refractivity contribution in [3.8, 4) is 0 Å². The van der Waals surface area contributed by atoms with Crippen molar-refractivity contribution in [1.29, 1.82) is 0 Å². The molecule has 0 saturated heterocycles. The van der Waals surface area contributed by atoms with Gasteiger partial charge in [-0.15, -0.1) is 0 Å². The Morgan fingerprint density at radius 1 is 1.37 bits per heavy atom. The summed E-state index contributed by atoms with van der Waals surface area (Å²) in [5.41, 5.74) is 1.77. The average molecular weight is 260 g/mol. The monoisotopic (exact) mass is 260 g/mol. The lowest BCUT2D eigenvalue weighted by Crippen LogP contribution is -2.19. The molecule has 3 nitrogen and oxygen atoms in total. The van der Waals surface area contributed by atoms with Gasteiger partial charge in [-0.1, -0.05) is 0 Å². The molecule has 100 valence electrons. The van der Waals surface area contributed by atoms with E-state index >= 15 is 0 Å². The van der Waals surface area contributed by atoms with Gasteiger partial charge in [0.2, 0.25) is 0 Å². The van der Waals surface area contributed by atoms with Gasteiger partial charge in [-0.2, -0.15) is 0 Å². The Bertz CT molecular complexity index is 623. The smallest absolute Gasteiger partial charge is 0.126 e. The van der Waals surface area contributed by atoms with Crippen LogP contribution in [-0.4, -0.2) is 23.2 Å². The Kier molecular flexibility index (Phi) is 2.90. The van der Waals surface area contributed by atoms with Crippen LogP contribution >= 0.6 is 0 Å². The summed E-state index contributed by atoms with van der Waals surface area (Å²) in [6.07, 6.45) is 2.11. The first-order valence-electron chi connectivity index (χ1n) is 6.54. The average Bonchev–Trinajstić information content (AvgIpc) is 3.16. The molecule has 19 heavy (non-hydrogen) atoms. The van der Waals surface area contributed by atoms with Gasteiger partial charge in [-0.3, -0.25) is 0 Å². The molecule has 1 aromatic heterocycles. The maximum atomic E-state index is 13.2. The SMILES string of the molecule is Cc1cc(NCC2(CO)CC2)nc2cc(F)ccc12. The van der Waals surface area contributed by atoms with Gasteiger partial charge in [0.25, 0.3) is 0 Å². The second kappa shape index (κ2) is 4.46. The molecule has 0 amide bonds. The standard InChI is InChI=1S/C15H17FN2O/c1-10-6-14(17-8-15(9-19)4-5-15)18-13-7-11(16)2-3-12(10)13/h2-3,6-7,19H,4-5,8-9H2,1H3,(H,17,18). The van der Waals surface area contributed by atoms with Gasteiger partial charge in [-0.05, 0) is 43.5 Å². The van der Waals surface area contributed by atoms with Gasteiger partial charge < -0.3 is 10.4 Å². The normalized spacial score (nSPS) is 16.6. The number of nitrogens with zero attached hydrogens (tertiary/aromatic N) is 1. The lowest BCUT2D eigenvalue weighted by Gasteiger charge is -2.14. The number of aliphatic hydroxyl groups excluding tert-OH is 1. The fraction of sp³-hybridized carbons (Fsp3) is 0.400. The number of anilines is 1. The predicted octanol–water partition coefficient (Wildman–Crippen LogP) is 2.87. The summed E-state index contributed by atoms with van der Waals surface area (Å²) in [5.74, 6) is 0.473. The molecule has 0 radical (unpaired) electrons. The molecule has 1 aliphatic carbocycles. The minimum absolute atomic E-state index is 0.0342. The van der Waals surface area contributed by atoms with Crippen molar-refractivity contribution in [3.63, 3.8) is 0 Å². The number of aliphatic hydroxyl groups is 1. The number of halogens is 1. The predicted molar refractivity (Wildman–Crippen MR) is 73.7 cm³/mol. The number of aromatic nitrogens is 1. The topological polar surface area (TPSA) is 45.1 Å².